The van der Waals surface area contributed by atoms with Gasteiger partial charge in [0.2, 0.25) is 5.28 Å². The van der Waals surface area contributed by atoms with Crippen LogP contribution in [0.5, 0.6) is 0 Å². The number of rotatable bonds is 0. The summed E-state index contributed by atoms with van der Waals surface area (Å²) in [6, 6.07) is 0. The van der Waals surface area contributed by atoms with E-state index in [4.69, 9.17) is 11.6 Å². The number of nitrogens with zero attached hydrogens (tertiary/aromatic N) is 2. The predicted molar refractivity (Wildman–Crippen MR) is 28.2 cm³/mol. The Balaban J connectivity index is -0.000000163. The first kappa shape index (κ1) is 17.0. The van der Waals surface area contributed by atoms with Crippen LogP contribution >= 0.6 is 11.6 Å². The number of aryl methyl sites for hydroxylation is 1. The third kappa shape index (κ3) is 4.51. The molecule has 0 aliphatic carbocycles. The van der Waals surface area contributed by atoms with Gasteiger partial charge in [0.1, 0.15) is 0 Å². The van der Waals surface area contributed by atoms with Crippen LogP contribution in [0.1, 0.15) is 0 Å². The predicted octanol–water partition coefficient (Wildman–Crippen LogP) is -4.92. The Bertz CT molecular complexity index is 151. The minimum absolute atomic E-state index is 0. The molecule has 0 bridgehead atoms. The fourth-order valence-electron chi connectivity index (χ4n) is 0.347. The molecular weight excluding hydrogens is 248 g/mol. The van der Waals surface area contributed by atoms with Gasteiger partial charge in [-0.2, -0.15) is 0 Å². The van der Waals surface area contributed by atoms with E-state index in [0.29, 0.717) is 5.28 Å². The van der Waals surface area contributed by atoms with Gasteiger partial charge in [0.25, 0.3) is 0 Å². The Morgan fingerprint density at radius 3 is 2.10 bits per heavy atom. The maximum atomic E-state index is 5.48. The molecule has 1 aromatic heterocycles. The molecular formula is C4H5Cl3N2Zn. The van der Waals surface area contributed by atoms with Gasteiger partial charge in [0, 0.05) is 19.4 Å². The Morgan fingerprint density at radius 2 is 2.00 bits per heavy atom. The van der Waals surface area contributed by atoms with Crippen LogP contribution in [-0.4, -0.2) is 9.55 Å². The summed E-state index contributed by atoms with van der Waals surface area (Å²) in [5.74, 6) is 0. The van der Waals surface area contributed by atoms with E-state index in [-0.39, 0.29) is 44.3 Å². The van der Waals surface area contributed by atoms with Crippen LogP contribution in [0, 0.1) is 0 Å². The molecule has 1 aromatic rings. The zero-order chi connectivity index (χ0) is 5.28. The van der Waals surface area contributed by atoms with E-state index < -0.39 is 0 Å². The Hall–Kier alpha value is 0.703. The third-order valence-corrected chi connectivity index (χ3v) is 1.13. The van der Waals surface area contributed by atoms with E-state index in [2.05, 4.69) is 4.98 Å². The summed E-state index contributed by atoms with van der Waals surface area (Å²) < 4.78 is 1.74. The van der Waals surface area contributed by atoms with Crippen LogP contribution in [0.15, 0.2) is 12.4 Å². The molecule has 10 heavy (non-hydrogen) atoms. The summed E-state index contributed by atoms with van der Waals surface area (Å²) in [4.78, 5) is 3.74. The molecule has 0 amide bonds. The monoisotopic (exact) mass is 250 g/mol. The second-order valence-corrected chi connectivity index (χ2v) is 1.65. The van der Waals surface area contributed by atoms with Gasteiger partial charge in [0.15, 0.2) is 0 Å². The minimum atomic E-state index is 0. The Kier molecular flexibility index (Phi) is 13.3. The van der Waals surface area contributed by atoms with Gasteiger partial charge >= 0.3 is 19.5 Å². The summed E-state index contributed by atoms with van der Waals surface area (Å²) in [7, 11) is 1.84. The standard InChI is InChI=1S/C4H5ClN2.2ClH.Zn/c1-7-3-2-6-4(7)5;;;/h2-3H,1H3;2*1H;/q;;;+2/p-2. The second-order valence-electron chi connectivity index (χ2n) is 1.31. The van der Waals surface area contributed by atoms with Crippen molar-refractivity contribution in [1.82, 2.24) is 9.55 Å². The largest absolute Gasteiger partial charge is 2.00 e. The maximum absolute atomic E-state index is 5.48. The molecule has 1 heterocycles. The minimum Gasteiger partial charge on any atom is -1.00 e. The van der Waals surface area contributed by atoms with Crippen molar-refractivity contribution in [3.63, 3.8) is 0 Å². The van der Waals surface area contributed by atoms with Gasteiger partial charge < -0.3 is 29.4 Å². The van der Waals surface area contributed by atoms with E-state index in [1.54, 1.807) is 17.0 Å². The first-order chi connectivity index (χ1) is 3.30. The third-order valence-electron chi connectivity index (χ3n) is 0.762. The fourth-order valence-corrected chi connectivity index (χ4v) is 0.460. The number of hydrogen-bond acceptors (Lipinski definition) is 1. The van der Waals surface area contributed by atoms with Crippen molar-refractivity contribution in [3.8, 4) is 0 Å². The molecule has 0 saturated carbocycles. The van der Waals surface area contributed by atoms with Gasteiger partial charge in [-0.05, 0) is 11.6 Å². The van der Waals surface area contributed by atoms with E-state index in [0.717, 1.165) is 0 Å². The molecule has 0 aliphatic heterocycles. The molecule has 0 aromatic carbocycles. The Labute approximate surface area is 89.9 Å². The summed E-state index contributed by atoms with van der Waals surface area (Å²) in [5, 5.41) is 0.528. The normalized spacial score (nSPS) is 6.60. The van der Waals surface area contributed by atoms with E-state index in [9.17, 15) is 0 Å². The maximum Gasteiger partial charge on any atom is 2.00 e. The first-order valence-corrected chi connectivity index (χ1v) is 2.31. The summed E-state index contributed by atoms with van der Waals surface area (Å²) in [6.07, 6.45) is 3.45. The number of aromatic nitrogens is 2. The van der Waals surface area contributed by atoms with Crippen molar-refractivity contribution in [1.29, 1.82) is 0 Å². The van der Waals surface area contributed by atoms with Crippen LogP contribution in [0.25, 0.3) is 0 Å². The van der Waals surface area contributed by atoms with Gasteiger partial charge in [-0.1, -0.05) is 0 Å². The SMILES string of the molecule is Cn1ccnc1Cl.[Cl-].[Cl-].[Zn+2]. The van der Waals surface area contributed by atoms with Crippen molar-refractivity contribution in [2.75, 3.05) is 0 Å². The van der Waals surface area contributed by atoms with Crippen LogP contribution < -0.4 is 24.8 Å². The fraction of sp³-hybridized carbons (Fsp3) is 0.250. The number of halogens is 3. The molecule has 0 fully saturated rings. The molecule has 1 rings (SSSR count). The number of imidazole rings is 1. The van der Waals surface area contributed by atoms with E-state index in [1.807, 2.05) is 7.05 Å². The van der Waals surface area contributed by atoms with Crippen molar-refractivity contribution in [2.24, 2.45) is 7.05 Å². The van der Waals surface area contributed by atoms with Crippen molar-refractivity contribution >= 4 is 11.6 Å². The molecule has 0 radical (unpaired) electrons. The van der Waals surface area contributed by atoms with Crippen LogP contribution in [0.4, 0.5) is 0 Å². The summed E-state index contributed by atoms with van der Waals surface area (Å²) in [6.45, 7) is 0. The van der Waals surface area contributed by atoms with Crippen LogP contribution in [0.3, 0.4) is 0 Å². The molecule has 54 valence electrons. The summed E-state index contributed by atoms with van der Waals surface area (Å²) >= 11 is 5.48. The topological polar surface area (TPSA) is 17.8 Å². The second kappa shape index (κ2) is 7.81. The molecule has 0 saturated heterocycles. The molecule has 0 atom stereocenters. The van der Waals surface area contributed by atoms with Gasteiger partial charge in [0.05, 0.1) is 0 Å². The average Bonchev–Trinajstić information content (AvgIpc) is 1.91. The molecule has 0 N–H and O–H groups in total. The van der Waals surface area contributed by atoms with Crippen molar-refractivity contribution in [3.05, 3.63) is 17.7 Å². The molecule has 0 unspecified atom stereocenters. The molecule has 0 spiro atoms. The smallest absolute Gasteiger partial charge is 1.00 e. The average molecular weight is 253 g/mol. The van der Waals surface area contributed by atoms with Crippen LogP contribution in [0.2, 0.25) is 5.28 Å². The first-order valence-electron chi connectivity index (χ1n) is 1.93. The summed E-state index contributed by atoms with van der Waals surface area (Å²) in [5.41, 5.74) is 0. The van der Waals surface area contributed by atoms with Crippen LogP contribution in [-0.2, 0) is 26.5 Å². The zero-order valence-corrected chi connectivity index (χ0v) is 10.6. The molecule has 2 nitrogen and oxygen atoms in total. The zero-order valence-electron chi connectivity index (χ0n) is 5.39. The van der Waals surface area contributed by atoms with E-state index >= 15 is 0 Å². The van der Waals surface area contributed by atoms with Gasteiger partial charge in [-0.3, -0.25) is 0 Å². The molecule has 0 aliphatic rings. The molecule has 6 heteroatoms. The Morgan fingerprint density at radius 1 is 1.50 bits per heavy atom. The van der Waals surface area contributed by atoms with Gasteiger partial charge in [-0.25, -0.2) is 4.98 Å². The van der Waals surface area contributed by atoms with Gasteiger partial charge in [-0.15, -0.1) is 0 Å². The number of hydrogen-bond donors (Lipinski definition) is 0. The van der Waals surface area contributed by atoms with Crippen molar-refractivity contribution < 1.29 is 44.3 Å². The van der Waals surface area contributed by atoms with E-state index in [1.165, 1.54) is 0 Å². The van der Waals surface area contributed by atoms with Crippen molar-refractivity contribution in [2.45, 2.75) is 0 Å². The quantitative estimate of drug-likeness (QED) is 0.424.